The second kappa shape index (κ2) is 5.66. The van der Waals surface area contributed by atoms with Crippen LogP contribution in [0.15, 0.2) is 18.2 Å². The van der Waals surface area contributed by atoms with Crippen LogP contribution in [0.5, 0.6) is 0 Å². The maximum absolute atomic E-state index is 12.4. The zero-order valence-electron chi connectivity index (χ0n) is 13.8. The summed E-state index contributed by atoms with van der Waals surface area (Å²) in [5.41, 5.74) is 0.388. The Morgan fingerprint density at radius 1 is 1.24 bits per heavy atom. The Morgan fingerprint density at radius 3 is 2.48 bits per heavy atom. The minimum absolute atomic E-state index is 0.108. The van der Waals surface area contributed by atoms with Crippen molar-refractivity contribution in [2.24, 2.45) is 5.41 Å². The Kier molecular flexibility index (Phi) is 4.26. The lowest BCUT2D eigenvalue weighted by Gasteiger charge is -2.33. The molecule has 1 aromatic heterocycles. The number of carbonyl (C=O) groups is 1. The molecule has 1 amide bonds. The van der Waals surface area contributed by atoms with Crippen LogP contribution >= 0.6 is 0 Å². The van der Waals surface area contributed by atoms with Gasteiger partial charge in [-0.2, -0.15) is 0 Å². The van der Waals surface area contributed by atoms with Crippen molar-refractivity contribution in [3.05, 3.63) is 23.9 Å². The zero-order chi connectivity index (χ0) is 15.7. The number of pyridine rings is 1. The Hall–Kier alpha value is -1.58. The van der Waals surface area contributed by atoms with Crippen LogP contribution < -0.4 is 10.6 Å². The van der Waals surface area contributed by atoms with E-state index in [-0.39, 0.29) is 16.9 Å². The van der Waals surface area contributed by atoms with Crippen molar-refractivity contribution in [1.82, 2.24) is 10.3 Å². The number of anilines is 1. The molecule has 1 saturated carbocycles. The molecule has 0 bridgehead atoms. The molecule has 21 heavy (non-hydrogen) atoms. The third-order valence-corrected chi connectivity index (χ3v) is 3.34. The Labute approximate surface area is 127 Å². The standard InChI is InChI=1S/C17H27N3O/c1-16(2,3)11-17(4,5)20-15(21)13-7-6-8-14(19-13)18-12-9-10-12/h6-8,12H,9-11H2,1-5H3,(H,18,19)(H,20,21). The first kappa shape index (κ1) is 15.8. The molecule has 0 atom stereocenters. The van der Waals surface area contributed by atoms with Crippen molar-refractivity contribution in [3.8, 4) is 0 Å². The maximum Gasteiger partial charge on any atom is 0.270 e. The summed E-state index contributed by atoms with van der Waals surface area (Å²) >= 11 is 0. The summed E-state index contributed by atoms with van der Waals surface area (Å²) in [5.74, 6) is 0.683. The molecule has 2 rings (SSSR count). The molecule has 0 aliphatic heterocycles. The van der Waals surface area contributed by atoms with Crippen molar-refractivity contribution in [2.75, 3.05) is 5.32 Å². The monoisotopic (exact) mass is 289 g/mol. The molecule has 1 heterocycles. The summed E-state index contributed by atoms with van der Waals surface area (Å²) in [5, 5.41) is 6.42. The Balaban J connectivity index is 2.02. The van der Waals surface area contributed by atoms with Gasteiger partial charge in [-0.1, -0.05) is 26.8 Å². The molecule has 0 saturated heterocycles. The highest BCUT2D eigenvalue weighted by atomic mass is 16.2. The SMILES string of the molecule is CC(C)(C)CC(C)(C)NC(=O)c1cccc(NC2CC2)n1. The third kappa shape index (κ3) is 5.37. The number of carbonyl (C=O) groups excluding carboxylic acids is 1. The fourth-order valence-corrected chi connectivity index (χ4v) is 2.82. The van der Waals surface area contributed by atoms with Crippen LogP contribution in [0.25, 0.3) is 0 Å². The van der Waals surface area contributed by atoms with E-state index in [1.807, 2.05) is 12.1 Å². The highest BCUT2D eigenvalue weighted by molar-refractivity contribution is 5.93. The summed E-state index contributed by atoms with van der Waals surface area (Å²) in [6, 6.07) is 6.09. The number of amides is 1. The fraction of sp³-hybridized carbons (Fsp3) is 0.647. The lowest BCUT2D eigenvalue weighted by Crippen LogP contribution is -2.46. The van der Waals surface area contributed by atoms with E-state index in [2.05, 4.69) is 50.2 Å². The summed E-state index contributed by atoms with van der Waals surface area (Å²) in [6.45, 7) is 10.7. The Bertz CT molecular complexity index is 513. The van der Waals surface area contributed by atoms with Crippen LogP contribution in [-0.2, 0) is 0 Å². The van der Waals surface area contributed by atoms with Crippen LogP contribution in [0.3, 0.4) is 0 Å². The quantitative estimate of drug-likeness (QED) is 0.870. The first-order chi connectivity index (χ1) is 9.65. The van der Waals surface area contributed by atoms with E-state index in [1.54, 1.807) is 6.07 Å². The van der Waals surface area contributed by atoms with Gasteiger partial charge < -0.3 is 10.6 Å². The van der Waals surface area contributed by atoms with Gasteiger partial charge in [0.25, 0.3) is 5.91 Å². The molecule has 1 aliphatic rings. The topological polar surface area (TPSA) is 54.0 Å². The molecule has 2 N–H and O–H groups in total. The number of nitrogens with zero attached hydrogens (tertiary/aromatic N) is 1. The van der Waals surface area contributed by atoms with Gasteiger partial charge >= 0.3 is 0 Å². The van der Waals surface area contributed by atoms with Crippen molar-refractivity contribution in [1.29, 1.82) is 0 Å². The van der Waals surface area contributed by atoms with Crippen molar-refractivity contribution < 1.29 is 4.79 Å². The fourth-order valence-electron chi connectivity index (χ4n) is 2.82. The zero-order valence-corrected chi connectivity index (χ0v) is 13.8. The van der Waals surface area contributed by atoms with Gasteiger partial charge in [0.1, 0.15) is 11.5 Å². The number of aromatic nitrogens is 1. The summed E-state index contributed by atoms with van der Waals surface area (Å²) < 4.78 is 0. The van der Waals surface area contributed by atoms with Gasteiger partial charge in [0, 0.05) is 11.6 Å². The highest BCUT2D eigenvalue weighted by Gasteiger charge is 2.28. The number of hydrogen-bond donors (Lipinski definition) is 2. The largest absolute Gasteiger partial charge is 0.367 e. The molecule has 1 aliphatic carbocycles. The molecule has 116 valence electrons. The first-order valence-corrected chi connectivity index (χ1v) is 7.71. The number of nitrogens with one attached hydrogen (secondary N) is 2. The second-order valence-corrected chi connectivity index (χ2v) is 7.90. The van der Waals surface area contributed by atoms with E-state index in [0.717, 1.165) is 12.2 Å². The Morgan fingerprint density at radius 2 is 1.90 bits per heavy atom. The third-order valence-electron chi connectivity index (χ3n) is 3.34. The lowest BCUT2D eigenvalue weighted by atomic mass is 9.82. The molecule has 0 aromatic carbocycles. The highest BCUT2D eigenvalue weighted by Crippen LogP contribution is 2.27. The molecule has 4 heteroatoms. The smallest absolute Gasteiger partial charge is 0.270 e. The summed E-state index contributed by atoms with van der Waals surface area (Å²) in [6.07, 6.45) is 3.29. The van der Waals surface area contributed by atoms with E-state index in [0.29, 0.717) is 11.7 Å². The first-order valence-electron chi connectivity index (χ1n) is 7.71. The molecule has 0 unspecified atom stereocenters. The molecule has 1 fully saturated rings. The predicted molar refractivity (Wildman–Crippen MR) is 86.5 cm³/mol. The minimum atomic E-state index is -0.253. The average Bonchev–Trinajstić information content (AvgIpc) is 3.09. The van der Waals surface area contributed by atoms with E-state index >= 15 is 0 Å². The summed E-state index contributed by atoms with van der Waals surface area (Å²) in [7, 11) is 0. The van der Waals surface area contributed by atoms with Gasteiger partial charge in [-0.25, -0.2) is 4.98 Å². The van der Waals surface area contributed by atoms with Gasteiger partial charge in [-0.05, 0) is 50.7 Å². The van der Waals surface area contributed by atoms with Crippen LogP contribution in [-0.4, -0.2) is 22.5 Å². The van der Waals surface area contributed by atoms with Crippen LogP contribution in [0.1, 0.15) is 64.4 Å². The van der Waals surface area contributed by atoms with Gasteiger partial charge in [-0.15, -0.1) is 0 Å². The lowest BCUT2D eigenvalue weighted by molar-refractivity contribution is 0.0886. The van der Waals surface area contributed by atoms with Crippen LogP contribution in [0, 0.1) is 5.41 Å². The van der Waals surface area contributed by atoms with Crippen molar-refractivity contribution in [3.63, 3.8) is 0 Å². The van der Waals surface area contributed by atoms with Crippen LogP contribution in [0.4, 0.5) is 5.82 Å². The van der Waals surface area contributed by atoms with Gasteiger partial charge in [-0.3, -0.25) is 4.79 Å². The van der Waals surface area contributed by atoms with Gasteiger partial charge in [0.2, 0.25) is 0 Å². The van der Waals surface area contributed by atoms with E-state index in [9.17, 15) is 4.79 Å². The van der Waals surface area contributed by atoms with Crippen LogP contribution in [0.2, 0.25) is 0 Å². The summed E-state index contributed by atoms with van der Waals surface area (Å²) in [4.78, 5) is 16.8. The molecule has 4 nitrogen and oxygen atoms in total. The molecule has 0 spiro atoms. The molecular formula is C17H27N3O. The normalized spacial score (nSPS) is 15.7. The minimum Gasteiger partial charge on any atom is -0.367 e. The average molecular weight is 289 g/mol. The van der Waals surface area contributed by atoms with E-state index < -0.39 is 0 Å². The molecule has 0 radical (unpaired) electrons. The second-order valence-electron chi connectivity index (χ2n) is 7.90. The maximum atomic E-state index is 12.4. The van der Waals surface area contributed by atoms with Gasteiger partial charge in [0.05, 0.1) is 0 Å². The predicted octanol–water partition coefficient (Wildman–Crippen LogP) is 3.60. The van der Waals surface area contributed by atoms with E-state index in [1.165, 1.54) is 12.8 Å². The van der Waals surface area contributed by atoms with Crippen molar-refractivity contribution >= 4 is 11.7 Å². The molecule has 1 aromatic rings. The van der Waals surface area contributed by atoms with Gasteiger partial charge in [0.15, 0.2) is 0 Å². The van der Waals surface area contributed by atoms with E-state index in [4.69, 9.17) is 0 Å². The number of rotatable bonds is 5. The van der Waals surface area contributed by atoms with Crippen molar-refractivity contribution in [2.45, 2.75) is 65.5 Å². The molecular weight excluding hydrogens is 262 g/mol. The number of hydrogen-bond acceptors (Lipinski definition) is 3.